The second kappa shape index (κ2) is 8.21. The highest BCUT2D eigenvalue weighted by molar-refractivity contribution is 7.14. The Balaban J connectivity index is 1.37. The molecule has 142 valence electrons. The van der Waals surface area contributed by atoms with Crippen LogP contribution in [0.25, 0.3) is 0 Å². The van der Waals surface area contributed by atoms with Crippen molar-refractivity contribution in [3.63, 3.8) is 0 Å². The molecule has 1 saturated heterocycles. The molecular formula is C21H25N3O2S. The highest BCUT2D eigenvalue weighted by atomic mass is 32.1. The molecule has 0 saturated carbocycles. The molecule has 0 radical (unpaired) electrons. The first kappa shape index (κ1) is 18.2. The molecule has 5 nitrogen and oxygen atoms in total. The number of hydrogen-bond acceptors (Lipinski definition) is 4. The zero-order valence-electron chi connectivity index (χ0n) is 15.4. The minimum Gasteiger partial charge on any atom is -0.352 e. The van der Waals surface area contributed by atoms with Crippen molar-refractivity contribution in [3.8, 4) is 0 Å². The molecule has 0 bridgehead atoms. The van der Waals surface area contributed by atoms with Crippen LogP contribution >= 0.6 is 11.3 Å². The Morgan fingerprint density at radius 3 is 2.89 bits per heavy atom. The summed E-state index contributed by atoms with van der Waals surface area (Å²) in [5.41, 5.74) is 2.19. The Morgan fingerprint density at radius 1 is 1.26 bits per heavy atom. The van der Waals surface area contributed by atoms with Gasteiger partial charge in [-0.15, -0.1) is 11.3 Å². The predicted octanol–water partition coefficient (Wildman–Crippen LogP) is 3.19. The zero-order chi connectivity index (χ0) is 18.6. The molecule has 6 heteroatoms. The van der Waals surface area contributed by atoms with Crippen molar-refractivity contribution >= 4 is 23.2 Å². The number of pyridine rings is 1. The summed E-state index contributed by atoms with van der Waals surface area (Å²) in [5, 5.41) is 3.03. The third-order valence-electron chi connectivity index (χ3n) is 5.50. The van der Waals surface area contributed by atoms with E-state index in [2.05, 4.69) is 10.3 Å². The second-order valence-electron chi connectivity index (χ2n) is 7.43. The molecule has 2 aromatic rings. The van der Waals surface area contributed by atoms with Crippen LogP contribution in [0, 0.1) is 5.92 Å². The first-order valence-corrected chi connectivity index (χ1v) is 10.6. The van der Waals surface area contributed by atoms with Crippen LogP contribution in [-0.2, 0) is 24.2 Å². The number of aromatic nitrogens is 1. The first-order valence-electron chi connectivity index (χ1n) is 9.78. The maximum atomic E-state index is 12.7. The predicted molar refractivity (Wildman–Crippen MR) is 106 cm³/mol. The molecule has 1 atom stereocenters. The van der Waals surface area contributed by atoms with Crippen molar-refractivity contribution in [1.82, 2.24) is 15.2 Å². The highest BCUT2D eigenvalue weighted by Crippen LogP contribution is 2.33. The average Bonchev–Trinajstić information content (AvgIpc) is 3.16. The third kappa shape index (κ3) is 4.21. The Hall–Kier alpha value is -2.21. The van der Waals surface area contributed by atoms with Crippen molar-refractivity contribution < 1.29 is 9.59 Å². The molecule has 1 aliphatic heterocycles. The van der Waals surface area contributed by atoms with Gasteiger partial charge in [-0.1, -0.05) is 6.07 Å². The van der Waals surface area contributed by atoms with Crippen molar-refractivity contribution in [2.45, 2.75) is 45.1 Å². The van der Waals surface area contributed by atoms with E-state index in [9.17, 15) is 9.59 Å². The third-order valence-corrected chi connectivity index (χ3v) is 6.72. The summed E-state index contributed by atoms with van der Waals surface area (Å²) >= 11 is 1.63. The summed E-state index contributed by atoms with van der Waals surface area (Å²) in [6.07, 6.45) is 9.41. The van der Waals surface area contributed by atoms with Gasteiger partial charge in [0.2, 0.25) is 5.91 Å². The maximum Gasteiger partial charge on any atom is 0.263 e. The minimum absolute atomic E-state index is 0.0123. The second-order valence-corrected chi connectivity index (χ2v) is 8.57. The topological polar surface area (TPSA) is 62.3 Å². The summed E-state index contributed by atoms with van der Waals surface area (Å²) in [7, 11) is 0. The Bertz CT molecular complexity index is 812. The number of nitrogens with zero attached hydrogens (tertiary/aromatic N) is 2. The van der Waals surface area contributed by atoms with Gasteiger partial charge in [0.1, 0.15) is 0 Å². The number of amides is 2. The van der Waals surface area contributed by atoms with E-state index in [0.29, 0.717) is 6.54 Å². The maximum absolute atomic E-state index is 12.7. The normalized spacial score (nSPS) is 19.4. The van der Waals surface area contributed by atoms with E-state index in [1.807, 2.05) is 23.1 Å². The number of nitrogens with one attached hydrogen (secondary N) is 1. The van der Waals surface area contributed by atoms with Crippen LogP contribution in [0.5, 0.6) is 0 Å². The number of likely N-dealkylation sites (tertiary alicyclic amines) is 1. The van der Waals surface area contributed by atoms with E-state index < -0.39 is 0 Å². The Morgan fingerprint density at radius 2 is 2.11 bits per heavy atom. The van der Waals surface area contributed by atoms with Gasteiger partial charge in [0.05, 0.1) is 4.88 Å². The summed E-state index contributed by atoms with van der Waals surface area (Å²) < 4.78 is 0. The molecule has 0 unspecified atom stereocenters. The molecule has 4 rings (SSSR count). The van der Waals surface area contributed by atoms with Crippen molar-refractivity contribution in [1.29, 1.82) is 0 Å². The molecule has 2 aromatic heterocycles. The number of fused-ring (bicyclic) bond motifs is 1. The van der Waals surface area contributed by atoms with Gasteiger partial charge < -0.3 is 10.2 Å². The van der Waals surface area contributed by atoms with Gasteiger partial charge in [0, 0.05) is 42.8 Å². The van der Waals surface area contributed by atoms with Crippen LogP contribution in [-0.4, -0.2) is 34.8 Å². The fourth-order valence-corrected chi connectivity index (χ4v) is 5.12. The van der Waals surface area contributed by atoms with Crippen LogP contribution in [0.15, 0.2) is 30.6 Å². The van der Waals surface area contributed by atoms with Gasteiger partial charge >= 0.3 is 0 Å². The fourth-order valence-electron chi connectivity index (χ4n) is 3.94. The smallest absolute Gasteiger partial charge is 0.263 e. The van der Waals surface area contributed by atoms with E-state index in [0.717, 1.165) is 55.6 Å². The molecule has 27 heavy (non-hydrogen) atoms. The molecule has 2 amide bonds. The van der Waals surface area contributed by atoms with E-state index in [1.165, 1.54) is 16.9 Å². The molecule has 3 heterocycles. The molecule has 1 fully saturated rings. The first-order chi connectivity index (χ1) is 13.2. The van der Waals surface area contributed by atoms with Gasteiger partial charge in [-0.05, 0) is 61.8 Å². The van der Waals surface area contributed by atoms with Crippen molar-refractivity contribution in [3.05, 3.63) is 51.5 Å². The lowest BCUT2D eigenvalue weighted by Crippen LogP contribution is -2.35. The number of carbonyl (C=O) groups excluding carboxylic acids is 2. The van der Waals surface area contributed by atoms with E-state index >= 15 is 0 Å². The fraction of sp³-hybridized carbons (Fsp3) is 0.476. The van der Waals surface area contributed by atoms with Gasteiger partial charge in [0.15, 0.2) is 0 Å². The Kier molecular flexibility index (Phi) is 5.53. The van der Waals surface area contributed by atoms with Crippen molar-refractivity contribution in [2.24, 2.45) is 5.92 Å². The number of aryl methyl sites for hydroxylation is 1. The lowest BCUT2D eigenvalue weighted by molar-refractivity contribution is -0.125. The molecule has 1 N–H and O–H groups in total. The van der Waals surface area contributed by atoms with E-state index in [1.54, 1.807) is 23.7 Å². The van der Waals surface area contributed by atoms with Gasteiger partial charge in [-0.2, -0.15) is 0 Å². The summed E-state index contributed by atoms with van der Waals surface area (Å²) in [4.78, 5) is 33.5. The van der Waals surface area contributed by atoms with Crippen LogP contribution < -0.4 is 5.32 Å². The molecule has 1 aliphatic carbocycles. The number of piperidine rings is 1. The van der Waals surface area contributed by atoms with Crippen LogP contribution in [0.3, 0.4) is 0 Å². The molecule has 2 aliphatic rings. The molecular weight excluding hydrogens is 358 g/mol. The SMILES string of the molecule is O=C(NCc1cccnc1)[C@@H]1CCc2sc(C(=O)N3CCCCC3)cc2C1. The standard InChI is InChI=1S/C21H25N3O2S/c25-20(23-14-15-5-4-8-22-13-15)16-6-7-18-17(11-16)12-19(27-18)21(26)24-9-2-1-3-10-24/h4-5,8,12-13,16H,1-3,6-7,9-11,14H2,(H,23,25)/t16-/m1/s1. The summed E-state index contributed by atoms with van der Waals surface area (Å²) in [5.74, 6) is 0.257. The van der Waals surface area contributed by atoms with Gasteiger partial charge in [-0.3, -0.25) is 14.6 Å². The van der Waals surface area contributed by atoms with E-state index in [4.69, 9.17) is 0 Å². The lowest BCUT2D eigenvalue weighted by atomic mass is 9.87. The van der Waals surface area contributed by atoms with E-state index in [-0.39, 0.29) is 17.7 Å². The monoisotopic (exact) mass is 383 g/mol. The Labute approximate surface area is 163 Å². The number of thiophene rings is 1. The van der Waals surface area contributed by atoms with Crippen LogP contribution in [0.1, 0.15) is 51.4 Å². The molecule has 0 spiro atoms. The summed E-state index contributed by atoms with van der Waals surface area (Å²) in [6.45, 7) is 2.26. The highest BCUT2D eigenvalue weighted by Gasteiger charge is 2.28. The molecule has 0 aromatic carbocycles. The minimum atomic E-state index is -0.0123. The van der Waals surface area contributed by atoms with Crippen molar-refractivity contribution in [2.75, 3.05) is 13.1 Å². The summed E-state index contributed by atoms with van der Waals surface area (Å²) in [6, 6.07) is 5.88. The van der Waals surface area contributed by atoms with Gasteiger partial charge in [0.25, 0.3) is 5.91 Å². The van der Waals surface area contributed by atoms with Crippen LogP contribution in [0.2, 0.25) is 0 Å². The lowest BCUT2D eigenvalue weighted by Gasteiger charge is -2.26. The largest absolute Gasteiger partial charge is 0.352 e. The van der Waals surface area contributed by atoms with Gasteiger partial charge in [-0.25, -0.2) is 0 Å². The number of hydrogen-bond donors (Lipinski definition) is 1. The quantitative estimate of drug-likeness (QED) is 0.882. The average molecular weight is 384 g/mol. The zero-order valence-corrected chi connectivity index (χ0v) is 16.3. The number of rotatable bonds is 4. The number of carbonyl (C=O) groups is 2. The van der Waals surface area contributed by atoms with Crippen LogP contribution in [0.4, 0.5) is 0 Å².